The van der Waals surface area contributed by atoms with Crippen molar-refractivity contribution in [3.63, 3.8) is 0 Å². The molecule has 0 aromatic rings. The van der Waals surface area contributed by atoms with Gasteiger partial charge < -0.3 is 15.1 Å². The minimum atomic E-state index is -4.49. The van der Waals surface area contributed by atoms with Crippen LogP contribution in [-0.2, 0) is 13.9 Å². The van der Waals surface area contributed by atoms with Crippen LogP contribution < -0.4 is 5.32 Å². The number of carbonyl (C=O) groups is 1. The van der Waals surface area contributed by atoms with E-state index in [1.54, 1.807) is 0 Å². The summed E-state index contributed by atoms with van der Waals surface area (Å²) in [5.41, 5.74) is 0. The highest BCUT2D eigenvalue weighted by Gasteiger charge is 2.14. The molecule has 0 aromatic heterocycles. The van der Waals surface area contributed by atoms with Crippen LogP contribution in [0.1, 0.15) is 0 Å². The summed E-state index contributed by atoms with van der Waals surface area (Å²) < 4.78 is 13.8. The van der Waals surface area contributed by atoms with Crippen LogP contribution in [-0.4, -0.2) is 29.3 Å². The molecule has 0 aliphatic rings. The van der Waals surface area contributed by atoms with Crippen LogP contribution in [0.4, 0.5) is 0 Å². The molecule has 0 atom stereocenters. The van der Waals surface area contributed by atoms with Gasteiger partial charge in [-0.3, -0.25) is 9.32 Å². The molecule has 0 radical (unpaired) electrons. The average Bonchev–Trinajstić information content (AvgIpc) is 1.81. The molecule has 0 aliphatic heterocycles. The standard InChI is InChI=1S/C3H8NO5P/c1-4-3(5)2-9-10(6,7)8/h2H2,1H3,(H,4,5)(H2,6,7,8). The third-order valence-corrected chi connectivity index (χ3v) is 1.11. The molecular formula is C3H8NO5P. The smallest absolute Gasteiger partial charge is 0.357 e. The summed E-state index contributed by atoms with van der Waals surface area (Å²) in [6.07, 6.45) is 0. The van der Waals surface area contributed by atoms with E-state index >= 15 is 0 Å². The maximum atomic E-state index is 10.3. The summed E-state index contributed by atoms with van der Waals surface area (Å²) in [5.74, 6) is -0.580. The van der Waals surface area contributed by atoms with Crippen molar-refractivity contribution in [3.05, 3.63) is 0 Å². The summed E-state index contributed by atoms with van der Waals surface area (Å²) in [6.45, 7) is -0.624. The lowest BCUT2D eigenvalue weighted by Crippen LogP contribution is -2.22. The van der Waals surface area contributed by atoms with Gasteiger partial charge in [-0.25, -0.2) is 4.57 Å². The van der Waals surface area contributed by atoms with E-state index in [1.807, 2.05) is 0 Å². The second-order valence-electron chi connectivity index (χ2n) is 1.44. The van der Waals surface area contributed by atoms with Gasteiger partial charge in [0.1, 0.15) is 6.61 Å². The van der Waals surface area contributed by atoms with Crippen LogP contribution in [0.25, 0.3) is 0 Å². The molecule has 7 heteroatoms. The van der Waals surface area contributed by atoms with Crippen molar-refractivity contribution >= 4 is 13.7 Å². The monoisotopic (exact) mass is 169 g/mol. The quantitative estimate of drug-likeness (QED) is 0.463. The highest BCUT2D eigenvalue weighted by atomic mass is 31.2. The average molecular weight is 169 g/mol. The number of likely N-dealkylation sites (N-methyl/N-ethyl adjacent to an activating group) is 1. The number of carbonyl (C=O) groups excluding carboxylic acids is 1. The Labute approximate surface area is 57.4 Å². The zero-order chi connectivity index (χ0) is 8.20. The number of phosphoric ester groups is 1. The van der Waals surface area contributed by atoms with Crippen molar-refractivity contribution in [2.45, 2.75) is 0 Å². The normalized spacial score (nSPS) is 11.1. The van der Waals surface area contributed by atoms with Crippen molar-refractivity contribution in [2.24, 2.45) is 0 Å². The molecule has 0 fully saturated rings. The molecule has 0 spiro atoms. The predicted molar refractivity (Wildman–Crippen MR) is 32.1 cm³/mol. The molecule has 6 nitrogen and oxygen atoms in total. The summed E-state index contributed by atoms with van der Waals surface area (Å²) in [5, 5.41) is 2.13. The summed E-state index contributed by atoms with van der Waals surface area (Å²) in [4.78, 5) is 26.4. The topological polar surface area (TPSA) is 95.9 Å². The van der Waals surface area contributed by atoms with Gasteiger partial charge in [0.15, 0.2) is 0 Å². The van der Waals surface area contributed by atoms with Gasteiger partial charge in [-0.2, -0.15) is 0 Å². The molecule has 1 amide bonds. The van der Waals surface area contributed by atoms with Crippen LogP contribution in [0, 0.1) is 0 Å². The first kappa shape index (κ1) is 9.58. The molecule has 0 saturated heterocycles. The van der Waals surface area contributed by atoms with Gasteiger partial charge in [0.05, 0.1) is 0 Å². The van der Waals surface area contributed by atoms with Gasteiger partial charge >= 0.3 is 7.82 Å². The lowest BCUT2D eigenvalue weighted by molar-refractivity contribution is -0.123. The third-order valence-electron chi connectivity index (χ3n) is 0.643. The number of phosphoric acid groups is 1. The Morgan fingerprint density at radius 2 is 2.20 bits per heavy atom. The van der Waals surface area contributed by atoms with Crippen molar-refractivity contribution in [1.82, 2.24) is 5.32 Å². The minimum absolute atomic E-state index is 0.580. The van der Waals surface area contributed by atoms with E-state index in [9.17, 15) is 9.36 Å². The molecule has 3 N–H and O–H groups in total. The lowest BCUT2D eigenvalue weighted by Gasteiger charge is -2.02. The van der Waals surface area contributed by atoms with Gasteiger partial charge in [0.25, 0.3) is 0 Å². The minimum Gasteiger partial charge on any atom is -0.357 e. The van der Waals surface area contributed by atoms with E-state index < -0.39 is 20.3 Å². The summed E-state index contributed by atoms with van der Waals surface area (Å²) >= 11 is 0. The van der Waals surface area contributed by atoms with E-state index in [0.717, 1.165) is 0 Å². The lowest BCUT2D eigenvalue weighted by atomic mass is 10.7. The van der Waals surface area contributed by atoms with Gasteiger partial charge in [-0.1, -0.05) is 0 Å². The van der Waals surface area contributed by atoms with Crippen LogP contribution in [0.3, 0.4) is 0 Å². The first-order valence-electron chi connectivity index (χ1n) is 2.36. The number of amides is 1. The number of rotatable bonds is 3. The molecule has 0 rings (SSSR count). The fraction of sp³-hybridized carbons (Fsp3) is 0.667. The second-order valence-corrected chi connectivity index (χ2v) is 2.68. The molecule has 10 heavy (non-hydrogen) atoms. The number of hydrogen-bond donors (Lipinski definition) is 3. The number of hydrogen-bond acceptors (Lipinski definition) is 3. The molecule has 0 bridgehead atoms. The SMILES string of the molecule is CNC(=O)COP(=O)(O)O. The molecular weight excluding hydrogens is 161 g/mol. The zero-order valence-electron chi connectivity index (χ0n) is 5.27. The Kier molecular flexibility index (Phi) is 3.52. The fourth-order valence-electron chi connectivity index (χ4n) is 0.215. The molecule has 0 saturated carbocycles. The third kappa shape index (κ3) is 5.71. The highest BCUT2D eigenvalue weighted by Crippen LogP contribution is 2.35. The zero-order valence-corrected chi connectivity index (χ0v) is 6.17. The van der Waals surface area contributed by atoms with Crippen molar-refractivity contribution < 1.29 is 23.7 Å². The Morgan fingerprint density at radius 3 is 2.50 bits per heavy atom. The molecule has 60 valence electrons. The highest BCUT2D eigenvalue weighted by molar-refractivity contribution is 7.46. The predicted octanol–water partition coefficient (Wildman–Crippen LogP) is -1.16. The summed E-state index contributed by atoms with van der Waals surface area (Å²) in [7, 11) is -3.15. The fourth-order valence-corrected chi connectivity index (χ4v) is 0.500. The van der Waals surface area contributed by atoms with E-state index in [0.29, 0.717) is 0 Å². The molecule has 0 heterocycles. The maximum Gasteiger partial charge on any atom is 0.470 e. The number of nitrogens with one attached hydrogen (secondary N) is 1. The van der Waals surface area contributed by atoms with Crippen LogP contribution in [0.15, 0.2) is 0 Å². The van der Waals surface area contributed by atoms with Crippen molar-refractivity contribution in [3.8, 4) is 0 Å². The van der Waals surface area contributed by atoms with E-state index in [4.69, 9.17) is 9.79 Å². The molecule has 0 aliphatic carbocycles. The second kappa shape index (κ2) is 3.68. The Balaban J connectivity index is 3.56. The molecule has 0 aromatic carbocycles. The largest absolute Gasteiger partial charge is 0.470 e. The van der Waals surface area contributed by atoms with E-state index in [-0.39, 0.29) is 0 Å². The van der Waals surface area contributed by atoms with Gasteiger partial charge in [0, 0.05) is 7.05 Å². The van der Waals surface area contributed by atoms with Crippen molar-refractivity contribution in [1.29, 1.82) is 0 Å². The first-order valence-corrected chi connectivity index (χ1v) is 3.89. The van der Waals surface area contributed by atoms with Crippen LogP contribution in [0.5, 0.6) is 0 Å². The van der Waals surface area contributed by atoms with Crippen LogP contribution >= 0.6 is 7.82 Å². The van der Waals surface area contributed by atoms with E-state index in [2.05, 4.69) is 9.84 Å². The summed E-state index contributed by atoms with van der Waals surface area (Å²) in [6, 6.07) is 0. The first-order chi connectivity index (χ1) is 4.45. The molecule has 0 unspecified atom stereocenters. The Hall–Kier alpha value is -0.420. The maximum absolute atomic E-state index is 10.3. The van der Waals surface area contributed by atoms with Gasteiger partial charge in [-0.05, 0) is 0 Å². The Morgan fingerprint density at radius 1 is 1.70 bits per heavy atom. The van der Waals surface area contributed by atoms with Gasteiger partial charge in [0.2, 0.25) is 5.91 Å². The van der Waals surface area contributed by atoms with Crippen molar-refractivity contribution in [2.75, 3.05) is 13.7 Å². The van der Waals surface area contributed by atoms with Crippen LogP contribution in [0.2, 0.25) is 0 Å². The van der Waals surface area contributed by atoms with Gasteiger partial charge in [-0.15, -0.1) is 0 Å². The van der Waals surface area contributed by atoms with E-state index in [1.165, 1.54) is 7.05 Å². The Bertz CT molecular complexity index is 162.